The predicted molar refractivity (Wildman–Crippen MR) is 120 cm³/mol. The average molecular weight is 405 g/mol. The zero-order valence-electron chi connectivity index (χ0n) is 17.7. The van der Waals surface area contributed by atoms with Crippen LogP contribution in [0.15, 0.2) is 60.7 Å². The highest BCUT2D eigenvalue weighted by atomic mass is 16.5. The maximum absolute atomic E-state index is 13.5. The molecule has 5 nitrogen and oxygen atoms in total. The van der Waals surface area contributed by atoms with Crippen LogP contribution in [0.4, 0.5) is 5.69 Å². The van der Waals surface area contributed by atoms with Gasteiger partial charge < -0.3 is 19.7 Å². The second kappa shape index (κ2) is 8.76. The minimum atomic E-state index is -0.330. The molecule has 0 bridgehead atoms. The van der Waals surface area contributed by atoms with Gasteiger partial charge in [0.2, 0.25) is 0 Å². The van der Waals surface area contributed by atoms with Gasteiger partial charge in [-0.15, -0.1) is 0 Å². The van der Waals surface area contributed by atoms with E-state index in [0.29, 0.717) is 18.7 Å². The van der Waals surface area contributed by atoms with Crippen LogP contribution in [0, 0.1) is 0 Å². The molecule has 5 heteroatoms. The number of anilines is 1. The SMILES string of the molecule is COCCCN1C(=O)c2ccccc2NC1c1c(OC(C)C)ccc2ccccc12. The molecule has 1 N–H and O–H groups in total. The molecule has 1 unspecified atom stereocenters. The van der Waals surface area contributed by atoms with Crippen molar-refractivity contribution in [1.82, 2.24) is 4.90 Å². The molecular weight excluding hydrogens is 376 g/mol. The van der Waals surface area contributed by atoms with Crippen LogP contribution in [-0.2, 0) is 4.74 Å². The third-order valence-corrected chi connectivity index (χ3v) is 5.34. The normalized spacial score (nSPS) is 15.9. The largest absolute Gasteiger partial charge is 0.491 e. The van der Waals surface area contributed by atoms with Gasteiger partial charge in [0.1, 0.15) is 11.9 Å². The number of nitrogens with one attached hydrogen (secondary N) is 1. The summed E-state index contributed by atoms with van der Waals surface area (Å²) in [4.78, 5) is 15.4. The van der Waals surface area contributed by atoms with Crippen LogP contribution in [0.1, 0.15) is 42.4 Å². The summed E-state index contributed by atoms with van der Waals surface area (Å²) in [5.74, 6) is 0.819. The Bertz CT molecular complexity index is 1050. The van der Waals surface area contributed by atoms with Crippen molar-refractivity contribution in [3.05, 3.63) is 71.8 Å². The molecule has 1 heterocycles. The number of ether oxygens (including phenoxy) is 2. The molecule has 30 heavy (non-hydrogen) atoms. The molecule has 0 radical (unpaired) electrons. The van der Waals surface area contributed by atoms with Gasteiger partial charge in [0.05, 0.1) is 11.7 Å². The Morgan fingerprint density at radius 1 is 1.03 bits per heavy atom. The van der Waals surface area contributed by atoms with Gasteiger partial charge in [-0.25, -0.2) is 0 Å². The number of carbonyl (C=O) groups is 1. The molecule has 1 aliphatic rings. The molecule has 3 aromatic carbocycles. The van der Waals surface area contributed by atoms with Gasteiger partial charge in [0.25, 0.3) is 5.91 Å². The van der Waals surface area contributed by atoms with Gasteiger partial charge >= 0.3 is 0 Å². The first kappa shape index (κ1) is 20.2. The van der Waals surface area contributed by atoms with Crippen LogP contribution >= 0.6 is 0 Å². The molecule has 0 aromatic heterocycles. The van der Waals surface area contributed by atoms with Gasteiger partial charge in [-0.1, -0.05) is 42.5 Å². The van der Waals surface area contributed by atoms with Crippen LogP contribution in [0.5, 0.6) is 5.75 Å². The first-order valence-corrected chi connectivity index (χ1v) is 10.4. The Balaban J connectivity index is 1.87. The molecular formula is C25H28N2O3. The number of fused-ring (bicyclic) bond motifs is 2. The summed E-state index contributed by atoms with van der Waals surface area (Å²) in [7, 11) is 1.68. The fourth-order valence-electron chi connectivity index (χ4n) is 4.04. The lowest BCUT2D eigenvalue weighted by Crippen LogP contribution is -2.44. The van der Waals surface area contributed by atoms with Gasteiger partial charge in [-0.3, -0.25) is 4.79 Å². The van der Waals surface area contributed by atoms with Crippen molar-refractivity contribution in [2.24, 2.45) is 0 Å². The molecule has 0 spiro atoms. The van der Waals surface area contributed by atoms with E-state index in [2.05, 4.69) is 23.5 Å². The summed E-state index contributed by atoms with van der Waals surface area (Å²) >= 11 is 0. The number of benzene rings is 3. The maximum Gasteiger partial charge on any atom is 0.257 e. The van der Waals surface area contributed by atoms with Crippen molar-refractivity contribution in [1.29, 1.82) is 0 Å². The third kappa shape index (κ3) is 3.85. The Morgan fingerprint density at radius 2 is 1.80 bits per heavy atom. The number of carbonyl (C=O) groups excluding carboxylic acids is 1. The van der Waals surface area contributed by atoms with Gasteiger partial charge in [0, 0.05) is 31.5 Å². The number of methoxy groups -OCH3 is 1. The standard InChI is InChI=1S/C25H28N2O3/c1-17(2)30-22-14-13-18-9-4-5-10-19(18)23(22)24-26-21-12-7-6-11-20(21)25(28)27(24)15-8-16-29-3/h4-7,9-14,17,24,26H,8,15-16H2,1-3H3. The molecule has 0 saturated carbocycles. The predicted octanol–water partition coefficient (Wildman–Crippen LogP) is 5.23. The second-order valence-electron chi connectivity index (χ2n) is 7.80. The molecule has 3 aromatic rings. The lowest BCUT2D eigenvalue weighted by Gasteiger charge is -2.39. The van der Waals surface area contributed by atoms with Crippen molar-refractivity contribution >= 4 is 22.4 Å². The topological polar surface area (TPSA) is 50.8 Å². The molecule has 0 fully saturated rings. The Morgan fingerprint density at radius 3 is 2.60 bits per heavy atom. The first-order chi connectivity index (χ1) is 14.6. The quantitative estimate of drug-likeness (QED) is 0.548. The molecule has 1 aliphatic heterocycles. The summed E-state index contributed by atoms with van der Waals surface area (Å²) in [5, 5.41) is 5.81. The Hall–Kier alpha value is -3.05. The number of hydrogen-bond acceptors (Lipinski definition) is 4. The van der Waals surface area contributed by atoms with E-state index >= 15 is 0 Å². The lowest BCUT2D eigenvalue weighted by molar-refractivity contribution is 0.0658. The fraction of sp³-hybridized carbons (Fsp3) is 0.320. The minimum Gasteiger partial charge on any atom is -0.491 e. The second-order valence-corrected chi connectivity index (χ2v) is 7.80. The van der Waals surface area contributed by atoms with Crippen LogP contribution in [0.25, 0.3) is 10.8 Å². The van der Waals surface area contributed by atoms with Crippen LogP contribution in [-0.4, -0.2) is 37.2 Å². The van der Waals surface area contributed by atoms with E-state index in [1.165, 1.54) is 0 Å². The van der Waals surface area contributed by atoms with E-state index in [1.54, 1.807) is 7.11 Å². The van der Waals surface area contributed by atoms with Crippen molar-refractivity contribution < 1.29 is 14.3 Å². The van der Waals surface area contributed by atoms with E-state index in [0.717, 1.165) is 34.2 Å². The summed E-state index contributed by atoms with van der Waals surface area (Å²) in [5.41, 5.74) is 2.53. The van der Waals surface area contributed by atoms with E-state index < -0.39 is 0 Å². The lowest BCUT2D eigenvalue weighted by atomic mass is 9.97. The number of amides is 1. The highest BCUT2D eigenvalue weighted by molar-refractivity contribution is 6.02. The van der Waals surface area contributed by atoms with Gasteiger partial charge in [-0.2, -0.15) is 0 Å². The molecule has 0 aliphatic carbocycles. The number of rotatable bonds is 7. The van der Waals surface area contributed by atoms with Gasteiger partial charge in [-0.05, 0) is 49.2 Å². The van der Waals surface area contributed by atoms with E-state index in [9.17, 15) is 4.79 Å². The smallest absolute Gasteiger partial charge is 0.257 e. The average Bonchev–Trinajstić information content (AvgIpc) is 2.75. The van der Waals surface area contributed by atoms with E-state index in [-0.39, 0.29) is 18.2 Å². The molecule has 4 rings (SSSR count). The summed E-state index contributed by atoms with van der Waals surface area (Å²) in [6.45, 7) is 5.22. The van der Waals surface area contributed by atoms with Gasteiger partial charge in [0.15, 0.2) is 0 Å². The maximum atomic E-state index is 13.5. The highest BCUT2D eigenvalue weighted by Gasteiger charge is 2.35. The molecule has 0 saturated heterocycles. The number of hydrogen-bond donors (Lipinski definition) is 1. The first-order valence-electron chi connectivity index (χ1n) is 10.4. The summed E-state index contributed by atoms with van der Waals surface area (Å²) in [6, 6.07) is 20.0. The summed E-state index contributed by atoms with van der Waals surface area (Å²) < 4.78 is 11.4. The van der Waals surface area contributed by atoms with E-state index in [4.69, 9.17) is 9.47 Å². The molecule has 156 valence electrons. The van der Waals surface area contributed by atoms with Crippen LogP contribution in [0.2, 0.25) is 0 Å². The summed E-state index contributed by atoms with van der Waals surface area (Å²) in [6.07, 6.45) is 0.454. The number of nitrogens with zero attached hydrogens (tertiary/aromatic N) is 1. The Kier molecular flexibility index (Phi) is 5.91. The minimum absolute atomic E-state index is 0.0221. The van der Waals surface area contributed by atoms with Crippen molar-refractivity contribution in [2.45, 2.75) is 32.5 Å². The van der Waals surface area contributed by atoms with Crippen LogP contribution in [0.3, 0.4) is 0 Å². The highest BCUT2D eigenvalue weighted by Crippen LogP contribution is 2.41. The zero-order chi connectivity index (χ0) is 21.1. The van der Waals surface area contributed by atoms with Crippen LogP contribution < -0.4 is 10.1 Å². The fourth-order valence-corrected chi connectivity index (χ4v) is 4.04. The molecule has 1 amide bonds. The zero-order valence-corrected chi connectivity index (χ0v) is 17.7. The van der Waals surface area contributed by atoms with Crippen molar-refractivity contribution in [2.75, 3.05) is 25.6 Å². The third-order valence-electron chi connectivity index (χ3n) is 5.34. The van der Waals surface area contributed by atoms with Crippen molar-refractivity contribution in [3.63, 3.8) is 0 Å². The van der Waals surface area contributed by atoms with E-state index in [1.807, 2.05) is 61.2 Å². The monoisotopic (exact) mass is 404 g/mol. The Labute approximate surface area is 177 Å². The van der Waals surface area contributed by atoms with Crippen molar-refractivity contribution in [3.8, 4) is 5.75 Å². The number of para-hydroxylation sites is 1. The molecule has 1 atom stereocenters.